The zero-order chi connectivity index (χ0) is 17.5. The second-order valence-electron chi connectivity index (χ2n) is 6.19. The van der Waals surface area contributed by atoms with Crippen molar-refractivity contribution in [3.05, 3.63) is 33.5 Å². The van der Waals surface area contributed by atoms with Crippen LogP contribution in [0.5, 0.6) is 0 Å². The van der Waals surface area contributed by atoms with Gasteiger partial charge >= 0.3 is 5.97 Å². The first-order valence-corrected chi connectivity index (χ1v) is 8.76. The van der Waals surface area contributed by atoms with Gasteiger partial charge in [-0.05, 0) is 37.0 Å². The molecule has 0 saturated carbocycles. The number of carbonyl (C=O) groups is 1. The number of rotatable bonds is 4. The van der Waals surface area contributed by atoms with Crippen LogP contribution in [0.15, 0.2) is 6.07 Å². The molecule has 3 rings (SSSR count). The highest BCUT2D eigenvalue weighted by molar-refractivity contribution is 7.19. The molecule has 0 spiro atoms. The number of aryl methyl sites for hydroxylation is 1. The SMILES string of the molecule is CCC[C@@]1(CC(=O)O)OCCc2c1sc1c(C)cc(F)c(C#N)c21. The van der Waals surface area contributed by atoms with Crippen molar-refractivity contribution in [2.45, 2.75) is 45.1 Å². The van der Waals surface area contributed by atoms with E-state index in [1.165, 1.54) is 17.4 Å². The van der Waals surface area contributed by atoms with Crippen LogP contribution in [0.2, 0.25) is 0 Å². The second-order valence-corrected chi connectivity index (χ2v) is 7.21. The third kappa shape index (κ3) is 2.48. The molecule has 126 valence electrons. The molecule has 0 aliphatic carbocycles. The molecule has 1 atom stereocenters. The minimum atomic E-state index is -0.919. The predicted octanol–water partition coefficient (Wildman–Crippen LogP) is 4.26. The quantitative estimate of drug-likeness (QED) is 0.897. The number of thiophene rings is 1. The van der Waals surface area contributed by atoms with Crippen LogP contribution in [-0.2, 0) is 21.6 Å². The molecule has 0 unspecified atom stereocenters. The summed E-state index contributed by atoms with van der Waals surface area (Å²) in [7, 11) is 0. The molecule has 4 nitrogen and oxygen atoms in total. The number of halogens is 1. The minimum Gasteiger partial charge on any atom is -0.481 e. The summed E-state index contributed by atoms with van der Waals surface area (Å²) in [5.41, 5.74) is 0.820. The fraction of sp³-hybridized carbons (Fsp3) is 0.444. The summed E-state index contributed by atoms with van der Waals surface area (Å²) in [6, 6.07) is 3.35. The van der Waals surface area contributed by atoms with Crippen molar-refractivity contribution in [2.75, 3.05) is 6.61 Å². The predicted molar refractivity (Wildman–Crippen MR) is 89.7 cm³/mol. The number of carboxylic acid groups (broad SMARTS) is 1. The lowest BCUT2D eigenvalue weighted by Crippen LogP contribution is -2.36. The third-order valence-corrected chi connectivity index (χ3v) is 6.10. The molecule has 2 heterocycles. The van der Waals surface area contributed by atoms with Crippen molar-refractivity contribution in [3.8, 4) is 6.07 Å². The van der Waals surface area contributed by atoms with Crippen LogP contribution in [0, 0.1) is 24.1 Å². The molecule has 1 aliphatic rings. The number of nitrogens with zero attached hydrogens (tertiary/aromatic N) is 1. The van der Waals surface area contributed by atoms with Gasteiger partial charge in [0.15, 0.2) is 0 Å². The summed E-state index contributed by atoms with van der Waals surface area (Å²) in [6.07, 6.45) is 1.81. The summed E-state index contributed by atoms with van der Waals surface area (Å²) >= 11 is 1.45. The highest BCUT2D eigenvalue weighted by Gasteiger charge is 2.42. The molecule has 1 aromatic heterocycles. The van der Waals surface area contributed by atoms with Crippen LogP contribution in [0.4, 0.5) is 4.39 Å². The number of hydrogen-bond acceptors (Lipinski definition) is 4. The number of aliphatic carboxylic acids is 1. The van der Waals surface area contributed by atoms with Crippen molar-refractivity contribution in [3.63, 3.8) is 0 Å². The van der Waals surface area contributed by atoms with Gasteiger partial charge in [0.05, 0.1) is 18.6 Å². The lowest BCUT2D eigenvalue weighted by Gasteiger charge is -2.36. The van der Waals surface area contributed by atoms with E-state index in [1.807, 2.05) is 19.9 Å². The number of nitriles is 1. The molecular formula is C18H18FNO3S. The van der Waals surface area contributed by atoms with E-state index in [4.69, 9.17) is 4.74 Å². The van der Waals surface area contributed by atoms with Crippen molar-refractivity contribution in [1.82, 2.24) is 0 Å². The normalized spacial score (nSPS) is 19.9. The van der Waals surface area contributed by atoms with Gasteiger partial charge in [-0.2, -0.15) is 5.26 Å². The molecule has 1 aromatic carbocycles. The van der Waals surface area contributed by atoms with Gasteiger partial charge in [-0.1, -0.05) is 13.3 Å². The molecule has 0 saturated heterocycles. The van der Waals surface area contributed by atoms with Gasteiger partial charge in [0.25, 0.3) is 0 Å². The fourth-order valence-electron chi connectivity index (χ4n) is 3.64. The molecule has 2 aromatic rings. The number of ether oxygens (including phenoxy) is 1. The molecular weight excluding hydrogens is 329 g/mol. The van der Waals surface area contributed by atoms with Gasteiger partial charge in [-0.25, -0.2) is 4.39 Å². The monoisotopic (exact) mass is 347 g/mol. The van der Waals surface area contributed by atoms with Gasteiger partial charge in [0.2, 0.25) is 0 Å². The van der Waals surface area contributed by atoms with Crippen LogP contribution in [0.1, 0.15) is 47.8 Å². The molecule has 0 radical (unpaired) electrons. The van der Waals surface area contributed by atoms with E-state index in [1.54, 1.807) is 0 Å². The summed E-state index contributed by atoms with van der Waals surface area (Å²) in [4.78, 5) is 12.3. The maximum atomic E-state index is 14.2. The summed E-state index contributed by atoms with van der Waals surface area (Å²) in [6.45, 7) is 4.18. The molecule has 0 fully saturated rings. The van der Waals surface area contributed by atoms with Gasteiger partial charge in [-0.3, -0.25) is 4.79 Å². The van der Waals surface area contributed by atoms with Crippen LogP contribution < -0.4 is 0 Å². The van der Waals surface area contributed by atoms with E-state index in [0.29, 0.717) is 24.8 Å². The number of hydrogen-bond donors (Lipinski definition) is 1. The molecule has 0 amide bonds. The Morgan fingerprint density at radius 2 is 2.33 bits per heavy atom. The first-order valence-electron chi connectivity index (χ1n) is 7.94. The third-order valence-electron chi connectivity index (χ3n) is 4.54. The zero-order valence-corrected chi connectivity index (χ0v) is 14.4. The highest BCUT2D eigenvalue weighted by atomic mass is 32.1. The lowest BCUT2D eigenvalue weighted by molar-refractivity contribution is -0.148. The van der Waals surface area contributed by atoms with Gasteiger partial charge < -0.3 is 9.84 Å². The highest BCUT2D eigenvalue weighted by Crippen LogP contribution is 2.49. The fourth-order valence-corrected chi connectivity index (χ4v) is 5.14. The lowest BCUT2D eigenvalue weighted by atomic mass is 9.85. The largest absolute Gasteiger partial charge is 0.481 e. The van der Waals surface area contributed by atoms with Gasteiger partial charge in [0, 0.05) is 15.0 Å². The summed E-state index contributed by atoms with van der Waals surface area (Å²) in [5, 5.41) is 19.4. The van der Waals surface area contributed by atoms with E-state index in [2.05, 4.69) is 0 Å². The smallest absolute Gasteiger partial charge is 0.306 e. The Balaban J connectivity index is 2.34. The van der Waals surface area contributed by atoms with Gasteiger partial charge in [-0.15, -0.1) is 11.3 Å². The molecule has 6 heteroatoms. The Morgan fingerprint density at radius 3 is 2.96 bits per heavy atom. The Morgan fingerprint density at radius 1 is 1.58 bits per heavy atom. The van der Waals surface area contributed by atoms with E-state index < -0.39 is 17.4 Å². The Kier molecular flexibility index (Phi) is 4.33. The first kappa shape index (κ1) is 16.9. The maximum Gasteiger partial charge on any atom is 0.306 e. The molecule has 0 bridgehead atoms. The average Bonchev–Trinajstić information content (AvgIpc) is 2.89. The van der Waals surface area contributed by atoms with Crippen LogP contribution in [-0.4, -0.2) is 17.7 Å². The topological polar surface area (TPSA) is 70.3 Å². The van der Waals surface area contributed by atoms with Crippen molar-refractivity contribution >= 4 is 27.4 Å². The van der Waals surface area contributed by atoms with Crippen molar-refractivity contribution < 1.29 is 19.0 Å². The van der Waals surface area contributed by atoms with Crippen LogP contribution >= 0.6 is 11.3 Å². The minimum absolute atomic E-state index is 0.0516. The Labute approximate surface area is 143 Å². The first-order chi connectivity index (χ1) is 11.4. The molecule has 1 N–H and O–H groups in total. The van der Waals surface area contributed by atoms with Crippen LogP contribution in [0.25, 0.3) is 10.1 Å². The van der Waals surface area contributed by atoms with Crippen molar-refractivity contribution in [1.29, 1.82) is 5.26 Å². The summed E-state index contributed by atoms with van der Waals surface area (Å²) < 4.78 is 21.1. The van der Waals surface area contributed by atoms with Crippen molar-refractivity contribution in [2.24, 2.45) is 0 Å². The zero-order valence-electron chi connectivity index (χ0n) is 13.6. The van der Waals surface area contributed by atoms with E-state index >= 15 is 0 Å². The van der Waals surface area contributed by atoms with E-state index in [0.717, 1.165) is 27.1 Å². The molecule has 24 heavy (non-hydrogen) atoms. The summed E-state index contributed by atoms with van der Waals surface area (Å²) in [5.74, 6) is -1.44. The van der Waals surface area contributed by atoms with E-state index in [-0.39, 0.29) is 12.0 Å². The van der Waals surface area contributed by atoms with Crippen LogP contribution in [0.3, 0.4) is 0 Å². The number of carboxylic acids is 1. The Bertz CT molecular complexity index is 867. The average molecular weight is 347 g/mol. The standard InChI is InChI=1S/C18H18FNO3S/c1-3-5-18(8-14(21)22)17-11(4-6-23-18)15-12(9-20)13(19)7-10(2)16(15)24-17/h7H,3-6,8H2,1-2H3,(H,21,22)/t18-/m0/s1. The number of benzene rings is 1. The second kappa shape index (κ2) is 6.15. The molecule has 1 aliphatic heterocycles. The van der Waals surface area contributed by atoms with E-state index in [9.17, 15) is 19.6 Å². The van der Waals surface area contributed by atoms with Gasteiger partial charge in [0.1, 0.15) is 17.5 Å². The number of fused-ring (bicyclic) bond motifs is 3. The maximum absolute atomic E-state index is 14.2. The Hall–Kier alpha value is -1.97.